The highest BCUT2D eigenvalue weighted by Crippen LogP contribution is 2.76. The van der Waals surface area contributed by atoms with E-state index in [0.717, 1.165) is 32.1 Å². The van der Waals surface area contributed by atoms with Crippen LogP contribution in [0.3, 0.4) is 0 Å². The number of aliphatic hydroxyl groups excluding tert-OH is 4. The van der Waals surface area contributed by atoms with Gasteiger partial charge in [0.1, 0.15) is 12.7 Å². The second-order valence-electron chi connectivity index (χ2n) is 21.0. The number of rotatable bonds is 8. The monoisotopic (exact) mass is 829 g/mol. The highest BCUT2D eigenvalue weighted by atomic mass is 16.7. The van der Waals surface area contributed by atoms with E-state index >= 15 is 0 Å². The Morgan fingerprint density at radius 2 is 1.46 bits per heavy atom. The van der Waals surface area contributed by atoms with Crippen LogP contribution in [-0.4, -0.2) is 101 Å². The van der Waals surface area contributed by atoms with Crippen molar-refractivity contribution in [3.8, 4) is 0 Å². The number of esters is 3. The summed E-state index contributed by atoms with van der Waals surface area (Å²) in [6.45, 7) is 22.9. The fourth-order valence-corrected chi connectivity index (χ4v) is 13.3. The Labute approximate surface area is 351 Å². The van der Waals surface area contributed by atoms with Crippen molar-refractivity contribution in [2.45, 2.75) is 177 Å². The first kappa shape index (κ1) is 45.9. The van der Waals surface area contributed by atoms with Crippen LogP contribution in [0.15, 0.2) is 34.9 Å². The summed E-state index contributed by atoms with van der Waals surface area (Å²) < 4.78 is 29.9. The highest BCUT2D eigenvalue weighted by molar-refractivity contribution is 5.88. The zero-order valence-electron chi connectivity index (χ0n) is 37.5. The predicted octanol–water partition coefficient (Wildman–Crippen LogP) is 6.12. The lowest BCUT2D eigenvalue weighted by Gasteiger charge is -2.72. The fourth-order valence-electron chi connectivity index (χ4n) is 13.3. The van der Waals surface area contributed by atoms with Gasteiger partial charge in [-0.05, 0) is 117 Å². The minimum absolute atomic E-state index is 0.0102. The van der Waals surface area contributed by atoms with Crippen LogP contribution in [0, 0.1) is 50.2 Å². The van der Waals surface area contributed by atoms with E-state index in [2.05, 4.69) is 40.7 Å². The van der Waals surface area contributed by atoms with Gasteiger partial charge in [0.15, 0.2) is 18.5 Å². The average molecular weight is 829 g/mol. The Morgan fingerprint density at radius 1 is 0.831 bits per heavy atom. The smallest absolute Gasteiger partial charge is 0.333 e. The molecular weight excluding hydrogens is 757 g/mol. The molecule has 6 rings (SSSR count). The first-order valence-electron chi connectivity index (χ1n) is 21.9. The summed E-state index contributed by atoms with van der Waals surface area (Å²) in [6, 6.07) is 0. The molecule has 5 aliphatic carbocycles. The number of allylic oxidation sites excluding steroid dienone is 4. The van der Waals surface area contributed by atoms with Crippen LogP contribution in [-0.2, 0) is 38.1 Å². The lowest BCUT2D eigenvalue weighted by Crippen LogP contribution is -2.72. The summed E-state index contributed by atoms with van der Waals surface area (Å²) in [7, 11) is 0. The minimum atomic E-state index is -1.63. The Hall–Kier alpha value is -2.61. The molecule has 0 spiro atoms. The molecule has 0 unspecified atom stereocenters. The zero-order valence-corrected chi connectivity index (χ0v) is 37.5. The van der Waals surface area contributed by atoms with E-state index in [1.54, 1.807) is 39.8 Å². The third kappa shape index (κ3) is 7.17. The molecule has 59 heavy (non-hydrogen) atoms. The molecule has 1 aliphatic heterocycles. The van der Waals surface area contributed by atoms with Crippen molar-refractivity contribution in [2.75, 3.05) is 13.2 Å². The van der Waals surface area contributed by atoms with Crippen LogP contribution in [0.1, 0.15) is 128 Å². The Balaban J connectivity index is 1.35. The average Bonchev–Trinajstić information content (AvgIpc) is 3.16. The first-order chi connectivity index (χ1) is 27.4. The van der Waals surface area contributed by atoms with Gasteiger partial charge in [-0.1, -0.05) is 72.3 Å². The molecule has 12 nitrogen and oxygen atoms in total. The molecular formula is C47H72O12. The fraction of sp³-hybridized carbons (Fsp3) is 0.809. The highest BCUT2D eigenvalue weighted by Gasteiger charge is 2.73. The second kappa shape index (κ2) is 15.9. The quantitative estimate of drug-likeness (QED) is 0.0726. The van der Waals surface area contributed by atoms with Crippen LogP contribution in [0.25, 0.3) is 0 Å². The van der Waals surface area contributed by atoms with E-state index in [4.69, 9.17) is 23.7 Å². The number of hydrogen-bond donors (Lipinski definition) is 4. The first-order valence-corrected chi connectivity index (χ1v) is 21.9. The molecule has 6 aliphatic rings. The van der Waals surface area contributed by atoms with Gasteiger partial charge in [-0.25, -0.2) is 9.59 Å². The molecule has 12 heteroatoms. The van der Waals surface area contributed by atoms with Gasteiger partial charge >= 0.3 is 17.9 Å². The Kier molecular flexibility index (Phi) is 12.4. The van der Waals surface area contributed by atoms with Crippen molar-refractivity contribution in [2.24, 2.45) is 50.2 Å². The summed E-state index contributed by atoms with van der Waals surface area (Å²) in [5.41, 5.74) is -1.21. The number of hydrogen-bond acceptors (Lipinski definition) is 12. The lowest BCUT2D eigenvalue weighted by molar-refractivity contribution is -0.329. The third-order valence-electron chi connectivity index (χ3n) is 17.3. The van der Waals surface area contributed by atoms with Crippen molar-refractivity contribution in [3.05, 3.63) is 34.9 Å². The topological polar surface area (TPSA) is 178 Å². The number of ether oxygens (including phenoxy) is 5. The van der Waals surface area contributed by atoms with Crippen molar-refractivity contribution in [1.82, 2.24) is 0 Å². The third-order valence-corrected chi connectivity index (χ3v) is 17.3. The molecule has 1 saturated heterocycles. The Bertz CT molecular complexity index is 1750. The summed E-state index contributed by atoms with van der Waals surface area (Å²) in [6.07, 6.45) is 1.30. The van der Waals surface area contributed by atoms with E-state index in [1.807, 2.05) is 13.8 Å². The maximum atomic E-state index is 13.0. The maximum Gasteiger partial charge on any atom is 0.333 e. The number of carbonyl (C=O) groups excluding carboxylic acids is 3. The number of carbonyl (C=O) groups is 3. The summed E-state index contributed by atoms with van der Waals surface area (Å²) >= 11 is 0. The van der Waals surface area contributed by atoms with Gasteiger partial charge in [-0.3, -0.25) is 4.79 Å². The van der Waals surface area contributed by atoms with Gasteiger partial charge in [-0.2, -0.15) is 0 Å². The molecule has 5 fully saturated rings. The SMILES string of the molecule is C/C=C(/C)C(=O)O[C@@H]1[C@@H](O)[C@H](O[C@H]2[C@H](O)[C@]3(COC(C)=O)[C@H](O)C[C@]4(C)C(=CC[C@@H]5[C@@]6(C)CC[C@H](O)C(C)(C)[C@@H]6CC[C@]54C)[C@@H]3CC2(C)C)OC[C@@H]1OC(=O)/C(C)=C\C. The van der Waals surface area contributed by atoms with Crippen LogP contribution in [0.5, 0.6) is 0 Å². The van der Waals surface area contributed by atoms with Crippen molar-refractivity contribution >= 4 is 17.9 Å². The predicted molar refractivity (Wildman–Crippen MR) is 219 cm³/mol. The summed E-state index contributed by atoms with van der Waals surface area (Å²) in [5, 5.41) is 48.6. The van der Waals surface area contributed by atoms with E-state index in [9.17, 15) is 34.8 Å². The molecule has 1 heterocycles. The van der Waals surface area contributed by atoms with Gasteiger partial charge in [0.05, 0.1) is 36.4 Å². The standard InChI is InChI=1S/C47H72O12/c1-13-25(3)39(53)57-30-23-55-41(35(51)36(30)58-40(54)26(4)14-2)59-38-37(52)47(24-56-27(5)48)29(21-42(38,6)7)28-15-16-32-44(10)19-18-33(49)43(8,9)31(44)17-20-45(32,11)46(28,12)22-34(47)50/h13-15,29-38,41,49-52H,16-24H2,1-12H3/b25-13-,26-14-/t29-,30-,31-,32+,33-,34+,35+,36-,37-,38-,41-,44-,45+,46+,47-/m0/s1. The number of fused-ring (bicyclic) bond motifs is 7. The molecule has 4 N–H and O–H groups in total. The maximum absolute atomic E-state index is 13.0. The van der Waals surface area contributed by atoms with Crippen molar-refractivity contribution in [3.63, 3.8) is 0 Å². The van der Waals surface area contributed by atoms with Crippen LogP contribution in [0.4, 0.5) is 0 Å². The van der Waals surface area contributed by atoms with Gasteiger partial charge < -0.3 is 44.1 Å². The van der Waals surface area contributed by atoms with Crippen LogP contribution >= 0.6 is 0 Å². The van der Waals surface area contributed by atoms with Gasteiger partial charge in [-0.15, -0.1) is 0 Å². The molecule has 332 valence electrons. The molecule has 4 saturated carbocycles. The summed E-state index contributed by atoms with van der Waals surface area (Å²) in [4.78, 5) is 38.4. The molecule has 15 atom stereocenters. The lowest BCUT2D eigenvalue weighted by atomic mass is 9.33. The molecule has 0 radical (unpaired) electrons. The van der Waals surface area contributed by atoms with Crippen LogP contribution in [0.2, 0.25) is 0 Å². The molecule has 0 amide bonds. The normalized spacial score (nSPS) is 45.4. The summed E-state index contributed by atoms with van der Waals surface area (Å²) in [5.74, 6) is -1.62. The van der Waals surface area contributed by atoms with Gasteiger partial charge in [0.25, 0.3) is 0 Å². The molecule has 0 aromatic rings. The van der Waals surface area contributed by atoms with E-state index in [-0.39, 0.29) is 47.1 Å². The van der Waals surface area contributed by atoms with E-state index in [0.29, 0.717) is 30.3 Å². The minimum Gasteiger partial charge on any atom is -0.465 e. The van der Waals surface area contributed by atoms with Crippen molar-refractivity contribution < 1.29 is 58.5 Å². The van der Waals surface area contributed by atoms with E-state index in [1.165, 1.54) is 12.5 Å². The van der Waals surface area contributed by atoms with E-state index < -0.39 is 77.1 Å². The second-order valence-corrected chi connectivity index (χ2v) is 21.0. The molecule has 0 bridgehead atoms. The van der Waals surface area contributed by atoms with Crippen molar-refractivity contribution in [1.29, 1.82) is 0 Å². The molecule has 0 aromatic carbocycles. The largest absolute Gasteiger partial charge is 0.465 e. The zero-order chi connectivity index (χ0) is 43.8. The Morgan fingerprint density at radius 3 is 2.07 bits per heavy atom. The van der Waals surface area contributed by atoms with Gasteiger partial charge in [0, 0.05) is 18.1 Å². The van der Waals surface area contributed by atoms with Gasteiger partial charge in [0.2, 0.25) is 0 Å². The number of aliphatic hydroxyl groups is 4. The molecule has 0 aromatic heterocycles. The van der Waals surface area contributed by atoms with Crippen LogP contribution < -0.4 is 0 Å².